The maximum absolute atomic E-state index is 10.9. The summed E-state index contributed by atoms with van der Waals surface area (Å²) in [5, 5.41) is 10.9. The molecule has 0 aliphatic rings. The van der Waals surface area contributed by atoms with Crippen LogP contribution in [-0.4, -0.2) is 4.92 Å². The zero-order valence-electron chi connectivity index (χ0n) is 10.3. The Morgan fingerprint density at radius 1 is 1.41 bits per heavy atom. The monoisotopic (exact) mass is 232 g/mol. The quantitative estimate of drug-likeness (QED) is 0.439. The minimum absolute atomic E-state index is 0.110. The highest BCUT2D eigenvalue weighted by Gasteiger charge is 2.12. The summed E-state index contributed by atoms with van der Waals surface area (Å²) >= 11 is 0. The summed E-state index contributed by atoms with van der Waals surface area (Å²) in [6.45, 7) is 11.8. The van der Waals surface area contributed by atoms with Crippen LogP contribution in [0.15, 0.2) is 30.9 Å². The number of hydrogen-bond acceptors (Lipinski definition) is 2. The molecule has 1 atom stereocenters. The van der Waals surface area contributed by atoms with Crippen molar-refractivity contribution in [2.75, 3.05) is 0 Å². The number of allylic oxidation sites excluding steroid dienone is 1. The molecule has 0 aliphatic heterocycles. The van der Waals surface area contributed by atoms with Gasteiger partial charge in [0.2, 0.25) is 0 Å². The molecule has 0 N–H and O–H groups in total. The van der Waals surface area contributed by atoms with Crippen molar-refractivity contribution in [2.24, 2.45) is 5.92 Å². The lowest BCUT2D eigenvalue weighted by molar-refractivity contribution is -0.385. The van der Waals surface area contributed by atoms with Gasteiger partial charge >= 0.3 is 0 Å². The van der Waals surface area contributed by atoms with Crippen LogP contribution >= 0.6 is 0 Å². The molecule has 1 rings (SSSR count). The van der Waals surface area contributed by atoms with Crippen LogP contribution in [0.25, 0.3) is 0 Å². The lowest BCUT2D eigenvalue weighted by atomic mass is 9.95. The van der Waals surface area contributed by atoms with Gasteiger partial charge in [-0.15, -0.1) is 6.58 Å². The lowest BCUT2D eigenvalue weighted by Crippen LogP contribution is -2.00. The number of rotatable bonds is 5. The number of benzene rings is 1. The average molecular weight is 232 g/mol. The summed E-state index contributed by atoms with van der Waals surface area (Å²) in [7, 11) is 0. The van der Waals surface area contributed by atoms with Crippen molar-refractivity contribution in [1.29, 1.82) is 0 Å². The first-order valence-electron chi connectivity index (χ1n) is 5.68. The van der Waals surface area contributed by atoms with Gasteiger partial charge < -0.3 is 0 Å². The first kappa shape index (κ1) is 13.4. The molecule has 0 aromatic heterocycles. The van der Waals surface area contributed by atoms with Gasteiger partial charge in [-0.1, -0.05) is 26.0 Å². The number of nitrogens with zero attached hydrogens (tertiary/aromatic N) is 1. The van der Waals surface area contributed by atoms with Crippen molar-refractivity contribution in [1.82, 2.24) is 0 Å². The third-order valence-electron chi connectivity index (χ3n) is 2.57. The Hall–Kier alpha value is -1.64. The standard InChI is InChI=1S/C14H18NO2/c1-5-11(4)13-7-12(6-10(2)3)8-14(9-13)15(16)17/h5,7-11H,1,4,6H2,2-3H3. The fourth-order valence-corrected chi connectivity index (χ4v) is 1.74. The van der Waals surface area contributed by atoms with Crippen molar-refractivity contribution < 1.29 is 4.92 Å². The zero-order valence-corrected chi connectivity index (χ0v) is 10.3. The van der Waals surface area contributed by atoms with Crippen LogP contribution in [0.1, 0.15) is 30.9 Å². The van der Waals surface area contributed by atoms with Gasteiger partial charge in [-0.25, -0.2) is 0 Å². The molecule has 0 spiro atoms. The maximum atomic E-state index is 10.9. The summed E-state index contributed by atoms with van der Waals surface area (Å²) in [6.07, 6.45) is 2.52. The van der Waals surface area contributed by atoms with Crippen LogP contribution in [-0.2, 0) is 6.42 Å². The molecule has 0 heterocycles. The number of non-ortho nitro benzene ring substituents is 1. The molecule has 0 amide bonds. The first-order chi connectivity index (χ1) is 7.93. The van der Waals surface area contributed by atoms with Gasteiger partial charge in [-0.2, -0.15) is 0 Å². The predicted molar refractivity (Wildman–Crippen MR) is 69.9 cm³/mol. The van der Waals surface area contributed by atoms with Crippen LogP contribution in [0, 0.1) is 23.0 Å². The Morgan fingerprint density at radius 2 is 2.06 bits per heavy atom. The summed E-state index contributed by atoms with van der Waals surface area (Å²) in [5.41, 5.74) is 1.97. The predicted octanol–water partition coefficient (Wildman–Crippen LogP) is 3.90. The molecule has 3 nitrogen and oxygen atoms in total. The van der Waals surface area contributed by atoms with E-state index < -0.39 is 0 Å². The summed E-state index contributed by atoms with van der Waals surface area (Å²) < 4.78 is 0. The molecular weight excluding hydrogens is 214 g/mol. The number of hydrogen-bond donors (Lipinski definition) is 0. The SMILES string of the molecule is [CH2]C(C=C)c1cc(CC(C)C)cc([N+](=O)[O-])c1. The van der Waals surface area contributed by atoms with E-state index in [4.69, 9.17) is 0 Å². The fraction of sp³-hybridized carbons (Fsp3) is 0.357. The first-order valence-corrected chi connectivity index (χ1v) is 5.68. The van der Waals surface area contributed by atoms with E-state index in [0.717, 1.165) is 17.5 Å². The van der Waals surface area contributed by atoms with E-state index >= 15 is 0 Å². The van der Waals surface area contributed by atoms with E-state index in [0.29, 0.717) is 5.92 Å². The zero-order chi connectivity index (χ0) is 13.0. The van der Waals surface area contributed by atoms with Gasteiger partial charge in [0.25, 0.3) is 5.69 Å². The Labute approximate surface area is 102 Å². The molecular formula is C14H18NO2. The highest BCUT2D eigenvalue weighted by molar-refractivity contribution is 5.42. The highest BCUT2D eigenvalue weighted by atomic mass is 16.6. The molecule has 1 unspecified atom stereocenters. The largest absolute Gasteiger partial charge is 0.269 e. The Morgan fingerprint density at radius 3 is 2.53 bits per heavy atom. The second-order valence-electron chi connectivity index (χ2n) is 4.63. The molecule has 1 aromatic carbocycles. The highest BCUT2D eigenvalue weighted by Crippen LogP contribution is 2.25. The average Bonchev–Trinajstić information content (AvgIpc) is 2.26. The van der Waals surface area contributed by atoms with Crippen LogP contribution in [0.5, 0.6) is 0 Å². The molecule has 1 radical (unpaired) electrons. The van der Waals surface area contributed by atoms with E-state index in [2.05, 4.69) is 27.4 Å². The van der Waals surface area contributed by atoms with Crippen molar-refractivity contribution in [2.45, 2.75) is 26.2 Å². The van der Waals surface area contributed by atoms with E-state index in [-0.39, 0.29) is 16.5 Å². The third-order valence-corrected chi connectivity index (χ3v) is 2.57. The van der Waals surface area contributed by atoms with Gasteiger partial charge in [0.15, 0.2) is 0 Å². The lowest BCUT2D eigenvalue weighted by Gasteiger charge is -2.10. The van der Waals surface area contributed by atoms with E-state index in [1.807, 2.05) is 6.07 Å². The number of nitro groups is 1. The summed E-state index contributed by atoms with van der Waals surface area (Å²) in [6, 6.07) is 5.19. The van der Waals surface area contributed by atoms with Crippen molar-refractivity contribution in [3.63, 3.8) is 0 Å². The van der Waals surface area contributed by atoms with Gasteiger partial charge in [-0.05, 0) is 30.4 Å². The van der Waals surface area contributed by atoms with E-state index in [1.165, 1.54) is 0 Å². The summed E-state index contributed by atoms with van der Waals surface area (Å²) in [4.78, 5) is 10.5. The van der Waals surface area contributed by atoms with Gasteiger partial charge in [0.05, 0.1) is 4.92 Å². The Kier molecular flexibility index (Phi) is 4.44. The second kappa shape index (κ2) is 5.62. The molecule has 0 saturated heterocycles. The van der Waals surface area contributed by atoms with Crippen molar-refractivity contribution in [3.8, 4) is 0 Å². The van der Waals surface area contributed by atoms with E-state index in [9.17, 15) is 10.1 Å². The molecule has 91 valence electrons. The number of nitro benzene ring substituents is 1. The molecule has 0 aliphatic carbocycles. The molecule has 0 fully saturated rings. The van der Waals surface area contributed by atoms with E-state index in [1.54, 1.807) is 18.2 Å². The summed E-state index contributed by atoms with van der Waals surface area (Å²) in [5.74, 6) is 0.359. The topological polar surface area (TPSA) is 43.1 Å². The third kappa shape index (κ3) is 3.70. The molecule has 1 aromatic rings. The fourth-order valence-electron chi connectivity index (χ4n) is 1.74. The van der Waals surface area contributed by atoms with Crippen molar-refractivity contribution >= 4 is 5.69 Å². The van der Waals surface area contributed by atoms with Crippen LogP contribution < -0.4 is 0 Å². The van der Waals surface area contributed by atoms with Crippen LogP contribution in [0.3, 0.4) is 0 Å². The van der Waals surface area contributed by atoms with Crippen molar-refractivity contribution in [3.05, 3.63) is 59.0 Å². The molecule has 0 bridgehead atoms. The minimum atomic E-state index is -0.358. The Bertz CT molecular complexity index is 424. The van der Waals surface area contributed by atoms with Crippen LogP contribution in [0.2, 0.25) is 0 Å². The second-order valence-corrected chi connectivity index (χ2v) is 4.63. The Balaban J connectivity index is 3.18. The molecule has 3 heteroatoms. The smallest absolute Gasteiger partial charge is 0.258 e. The maximum Gasteiger partial charge on any atom is 0.269 e. The van der Waals surface area contributed by atoms with Gasteiger partial charge in [0.1, 0.15) is 0 Å². The van der Waals surface area contributed by atoms with Gasteiger partial charge in [-0.3, -0.25) is 10.1 Å². The van der Waals surface area contributed by atoms with Gasteiger partial charge in [0, 0.05) is 18.1 Å². The normalized spacial score (nSPS) is 12.5. The molecule has 0 saturated carbocycles. The minimum Gasteiger partial charge on any atom is -0.258 e. The molecule has 17 heavy (non-hydrogen) atoms. The van der Waals surface area contributed by atoms with Crippen LogP contribution in [0.4, 0.5) is 5.69 Å².